The lowest BCUT2D eigenvalue weighted by molar-refractivity contribution is 0.388. The minimum absolute atomic E-state index is 0.478. The molecule has 1 aliphatic carbocycles. The van der Waals surface area contributed by atoms with Crippen LogP contribution in [0.1, 0.15) is 63.6 Å². The molecule has 1 aromatic rings. The first kappa shape index (κ1) is 13.6. The molecule has 0 spiro atoms. The molecule has 0 heterocycles. The lowest BCUT2D eigenvalue weighted by atomic mass is 10.0. The maximum Gasteiger partial charge on any atom is 0.0294 e. The van der Waals surface area contributed by atoms with Crippen molar-refractivity contribution in [3.63, 3.8) is 0 Å². The van der Waals surface area contributed by atoms with Crippen LogP contribution in [0.25, 0.3) is 0 Å². The van der Waals surface area contributed by atoms with E-state index in [0.717, 1.165) is 12.0 Å². The van der Waals surface area contributed by atoms with E-state index in [1.807, 2.05) is 0 Å². The van der Waals surface area contributed by atoms with Crippen molar-refractivity contribution in [3.8, 4) is 0 Å². The van der Waals surface area contributed by atoms with Gasteiger partial charge in [-0.1, -0.05) is 51.0 Å². The van der Waals surface area contributed by atoms with Gasteiger partial charge in [0, 0.05) is 12.1 Å². The zero-order valence-corrected chi connectivity index (χ0v) is 12.1. The van der Waals surface area contributed by atoms with Crippen LogP contribution in [0.3, 0.4) is 0 Å². The van der Waals surface area contributed by atoms with Gasteiger partial charge in [0.15, 0.2) is 0 Å². The van der Waals surface area contributed by atoms with Crippen LogP contribution in [-0.4, -0.2) is 6.04 Å². The first-order valence-corrected chi connectivity index (χ1v) is 7.55. The van der Waals surface area contributed by atoms with Crippen molar-refractivity contribution in [3.05, 3.63) is 35.4 Å². The van der Waals surface area contributed by atoms with Crippen molar-refractivity contribution >= 4 is 0 Å². The quantitative estimate of drug-likeness (QED) is 0.806. The normalized spacial score (nSPS) is 25.3. The Balaban J connectivity index is 1.93. The van der Waals surface area contributed by atoms with E-state index in [4.69, 9.17) is 0 Å². The molecule has 3 unspecified atom stereocenters. The second-order valence-electron chi connectivity index (χ2n) is 5.89. The molecule has 100 valence electrons. The number of hydrogen-bond donors (Lipinski definition) is 1. The van der Waals surface area contributed by atoms with E-state index in [9.17, 15) is 0 Å². The smallest absolute Gasteiger partial charge is 0.0294 e. The molecule has 1 N–H and O–H groups in total. The molecule has 0 aliphatic heterocycles. The van der Waals surface area contributed by atoms with Gasteiger partial charge in [-0.15, -0.1) is 0 Å². The fraction of sp³-hybridized carbons (Fsp3) is 0.647. The molecule has 18 heavy (non-hydrogen) atoms. The summed E-state index contributed by atoms with van der Waals surface area (Å²) in [6.07, 6.45) is 6.55. The molecule has 0 radical (unpaired) electrons. The van der Waals surface area contributed by atoms with E-state index < -0.39 is 0 Å². The van der Waals surface area contributed by atoms with Crippen molar-refractivity contribution in [1.29, 1.82) is 0 Å². The summed E-state index contributed by atoms with van der Waals surface area (Å²) in [6, 6.07) is 10.4. The van der Waals surface area contributed by atoms with E-state index in [1.165, 1.54) is 43.2 Å². The van der Waals surface area contributed by atoms with Gasteiger partial charge in [0.2, 0.25) is 0 Å². The Kier molecular flexibility index (Phi) is 4.82. The molecule has 3 atom stereocenters. The lowest BCUT2D eigenvalue weighted by Crippen LogP contribution is -2.33. The predicted molar refractivity (Wildman–Crippen MR) is 78.8 cm³/mol. The van der Waals surface area contributed by atoms with E-state index in [2.05, 4.69) is 50.4 Å². The van der Waals surface area contributed by atoms with E-state index in [1.54, 1.807) is 0 Å². The van der Waals surface area contributed by atoms with Crippen LogP contribution in [-0.2, 0) is 6.42 Å². The molecule has 1 fully saturated rings. The summed E-state index contributed by atoms with van der Waals surface area (Å²) in [5.41, 5.74) is 2.89. The minimum Gasteiger partial charge on any atom is -0.307 e. The topological polar surface area (TPSA) is 12.0 Å². The van der Waals surface area contributed by atoms with Crippen LogP contribution in [0.5, 0.6) is 0 Å². The Hall–Kier alpha value is -0.820. The third-order valence-corrected chi connectivity index (χ3v) is 4.34. The Morgan fingerprint density at radius 1 is 1.22 bits per heavy atom. The number of nitrogens with one attached hydrogen (secondary N) is 1. The summed E-state index contributed by atoms with van der Waals surface area (Å²) in [7, 11) is 0. The minimum atomic E-state index is 0.478. The highest BCUT2D eigenvalue weighted by Gasteiger charge is 2.24. The van der Waals surface area contributed by atoms with Crippen molar-refractivity contribution in [2.24, 2.45) is 5.92 Å². The van der Waals surface area contributed by atoms with Gasteiger partial charge in [-0.3, -0.25) is 0 Å². The molecule has 0 saturated heterocycles. The molecular formula is C17H27N. The summed E-state index contributed by atoms with van der Waals surface area (Å²) in [6.45, 7) is 6.90. The highest BCUT2D eigenvalue weighted by Crippen LogP contribution is 2.27. The second kappa shape index (κ2) is 6.38. The average Bonchev–Trinajstić information content (AvgIpc) is 2.76. The third-order valence-electron chi connectivity index (χ3n) is 4.34. The van der Waals surface area contributed by atoms with Gasteiger partial charge in [-0.05, 0) is 43.2 Å². The van der Waals surface area contributed by atoms with Gasteiger partial charge in [0.05, 0.1) is 0 Å². The predicted octanol–water partition coefficient (Wildman–Crippen LogP) is 4.48. The molecule has 0 aromatic heterocycles. The van der Waals surface area contributed by atoms with Crippen LogP contribution in [0.4, 0.5) is 0 Å². The zero-order chi connectivity index (χ0) is 13.0. The fourth-order valence-corrected chi connectivity index (χ4v) is 3.07. The monoisotopic (exact) mass is 245 g/mol. The standard InChI is InChI=1S/C17H27N/c1-4-6-15-9-11-16(12-10-15)14(3)18-17-8-5-7-13(17)2/h9-14,17-18H,4-8H2,1-3H3. The molecule has 1 heteroatoms. The van der Waals surface area contributed by atoms with Crippen molar-refractivity contribution in [2.75, 3.05) is 0 Å². The van der Waals surface area contributed by atoms with Crippen molar-refractivity contribution < 1.29 is 0 Å². The SMILES string of the molecule is CCCc1ccc(C(C)NC2CCCC2C)cc1. The van der Waals surface area contributed by atoms with Crippen LogP contribution in [0.15, 0.2) is 24.3 Å². The molecule has 1 nitrogen and oxygen atoms in total. The molecule has 1 saturated carbocycles. The first-order chi connectivity index (χ1) is 8.70. The van der Waals surface area contributed by atoms with Gasteiger partial charge in [-0.25, -0.2) is 0 Å². The van der Waals surface area contributed by atoms with Crippen molar-refractivity contribution in [1.82, 2.24) is 5.32 Å². The van der Waals surface area contributed by atoms with Crippen LogP contribution in [0.2, 0.25) is 0 Å². The Morgan fingerprint density at radius 3 is 2.50 bits per heavy atom. The summed E-state index contributed by atoms with van der Waals surface area (Å²) >= 11 is 0. The summed E-state index contributed by atoms with van der Waals surface area (Å²) < 4.78 is 0. The molecule has 0 amide bonds. The fourth-order valence-electron chi connectivity index (χ4n) is 3.07. The highest BCUT2D eigenvalue weighted by atomic mass is 15.0. The Labute approximate surface area is 112 Å². The molecule has 0 bridgehead atoms. The summed E-state index contributed by atoms with van der Waals surface area (Å²) in [5, 5.41) is 3.80. The maximum absolute atomic E-state index is 3.80. The van der Waals surface area contributed by atoms with Crippen LogP contribution < -0.4 is 5.32 Å². The number of rotatable bonds is 5. The zero-order valence-electron chi connectivity index (χ0n) is 12.1. The van der Waals surface area contributed by atoms with Crippen LogP contribution >= 0.6 is 0 Å². The van der Waals surface area contributed by atoms with Gasteiger partial charge in [0.1, 0.15) is 0 Å². The molecular weight excluding hydrogens is 218 g/mol. The number of benzene rings is 1. The summed E-state index contributed by atoms with van der Waals surface area (Å²) in [5.74, 6) is 0.840. The van der Waals surface area contributed by atoms with E-state index >= 15 is 0 Å². The molecule has 1 aromatic carbocycles. The van der Waals surface area contributed by atoms with Gasteiger partial charge in [-0.2, -0.15) is 0 Å². The van der Waals surface area contributed by atoms with Gasteiger partial charge >= 0.3 is 0 Å². The molecule has 2 rings (SSSR count). The van der Waals surface area contributed by atoms with E-state index in [-0.39, 0.29) is 0 Å². The molecule has 1 aliphatic rings. The largest absolute Gasteiger partial charge is 0.307 e. The third kappa shape index (κ3) is 3.35. The van der Waals surface area contributed by atoms with Crippen molar-refractivity contribution in [2.45, 2.75) is 65.0 Å². The second-order valence-corrected chi connectivity index (χ2v) is 5.89. The maximum atomic E-state index is 3.80. The number of hydrogen-bond acceptors (Lipinski definition) is 1. The number of aryl methyl sites for hydroxylation is 1. The van der Waals surface area contributed by atoms with Gasteiger partial charge < -0.3 is 5.32 Å². The highest BCUT2D eigenvalue weighted by molar-refractivity contribution is 5.25. The lowest BCUT2D eigenvalue weighted by Gasteiger charge is -2.23. The Morgan fingerprint density at radius 2 is 1.94 bits per heavy atom. The van der Waals surface area contributed by atoms with Crippen LogP contribution in [0, 0.1) is 5.92 Å². The van der Waals surface area contributed by atoms with E-state index in [0.29, 0.717) is 6.04 Å². The summed E-state index contributed by atoms with van der Waals surface area (Å²) in [4.78, 5) is 0. The average molecular weight is 245 g/mol. The Bertz CT molecular complexity index is 354. The van der Waals surface area contributed by atoms with Gasteiger partial charge in [0.25, 0.3) is 0 Å². The first-order valence-electron chi connectivity index (χ1n) is 7.55.